The smallest absolute Gasteiger partial charge is 0.336 e. The van der Waals surface area contributed by atoms with Gasteiger partial charge in [0.15, 0.2) is 0 Å². The minimum absolute atomic E-state index is 0.220. The molecule has 110 valence electrons. The summed E-state index contributed by atoms with van der Waals surface area (Å²) in [4.78, 5) is 17.5. The van der Waals surface area contributed by atoms with Crippen molar-refractivity contribution in [3.63, 3.8) is 0 Å². The average Bonchev–Trinajstić information content (AvgIpc) is 2.53. The van der Waals surface area contributed by atoms with Gasteiger partial charge in [0, 0.05) is 30.4 Å². The number of carboxylic acids is 1. The summed E-state index contributed by atoms with van der Waals surface area (Å²) in [6.45, 7) is 1.06. The van der Waals surface area contributed by atoms with Crippen molar-refractivity contribution in [2.45, 2.75) is 6.10 Å². The quantitative estimate of drug-likeness (QED) is 0.938. The number of aromatic carboxylic acids is 1. The first kappa shape index (κ1) is 13.8. The first-order chi connectivity index (χ1) is 10.2. The van der Waals surface area contributed by atoms with E-state index in [0.717, 1.165) is 5.69 Å². The molecular weight excluding hydrogens is 275 g/mol. The van der Waals surface area contributed by atoms with E-state index in [1.165, 1.54) is 12.3 Å². The number of morpholine rings is 1. The second kappa shape index (κ2) is 5.65. The van der Waals surface area contributed by atoms with Crippen LogP contribution >= 0.6 is 0 Å². The Morgan fingerprint density at radius 1 is 1.48 bits per heavy atom. The number of ether oxygens (including phenoxy) is 1. The molecular formula is C15H15FN2O3. The summed E-state index contributed by atoms with van der Waals surface area (Å²) in [6.07, 6.45) is 1.06. The first-order valence-electron chi connectivity index (χ1n) is 6.73. The molecule has 0 unspecified atom stereocenters. The SMILES string of the molecule is O=C(O)c1ccnc2ccc(N3CCO[C@@H](CF)C3)cc12. The van der Waals surface area contributed by atoms with Crippen LogP contribution in [0.25, 0.3) is 10.9 Å². The number of rotatable bonds is 3. The maximum atomic E-state index is 12.8. The van der Waals surface area contributed by atoms with E-state index in [9.17, 15) is 14.3 Å². The number of aromatic nitrogens is 1. The fraction of sp³-hybridized carbons (Fsp3) is 0.333. The van der Waals surface area contributed by atoms with E-state index >= 15 is 0 Å². The third-order valence-corrected chi connectivity index (χ3v) is 3.63. The van der Waals surface area contributed by atoms with Crippen LogP contribution in [0.1, 0.15) is 10.4 Å². The minimum atomic E-state index is -0.983. The fourth-order valence-corrected chi connectivity index (χ4v) is 2.56. The molecule has 0 saturated carbocycles. The Balaban J connectivity index is 2.00. The first-order valence-corrected chi connectivity index (χ1v) is 6.73. The predicted octanol–water partition coefficient (Wildman–Crippen LogP) is 2.11. The van der Waals surface area contributed by atoms with Crippen molar-refractivity contribution >= 4 is 22.6 Å². The monoisotopic (exact) mass is 290 g/mol. The summed E-state index contributed by atoms with van der Waals surface area (Å²) in [5, 5.41) is 9.84. The van der Waals surface area contributed by atoms with Crippen molar-refractivity contribution in [3.05, 3.63) is 36.0 Å². The van der Waals surface area contributed by atoms with Gasteiger partial charge in [0.2, 0.25) is 0 Å². The average molecular weight is 290 g/mol. The van der Waals surface area contributed by atoms with Gasteiger partial charge in [-0.1, -0.05) is 0 Å². The van der Waals surface area contributed by atoms with Crippen molar-refractivity contribution in [1.29, 1.82) is 0 Å². The number of carboxylic acid groups (broad SMARTS) is 1. The molecule has 6 heteroatoms. The van der Waals surface area contributed by atoms with Crippen LogP contribution in [-0.4, -0.2) is 48.5 Å². The molecule has 0 spiro atoms. The number of benzene rings is 1. The molecule has 1 aliphatic heterocycles. The number of nitrogens with zero attached hydrogens (tertiary/aromatic N) is 2. The van der Waals surface area contributed by atoms with Crippen molar-refractivity contribution in [2.75, 3.05) is 31.3 Å². The lowest BCUT2D eigenvalue weighted by Crippen LogP contribution is -2.43. The highest BCUT2D eigenvalue weighted by Crippen LogP contribution is 2.25. The van der Waals surface area contributed by atoms with Gasteiger partial charge in [0.05, 0.1) is 17.7 Å². The number of carbonyl (C=O) groups is 1. The summed E-state index contributed by atoms with van der Waals surface area (Å²) in [5.74, 6) is -0.983. The normalized spacial score (nSPS) is 18.9. The van der Waals surface area contributed by atoms with Crippen LogP contribution in [0.2, 0.25) is 0 Å². The molecule has 2 aromatic rings. The van der Waals surface area contributed by atoms with Crippen LogP contribution in [0.15, 0.2) is 30.5 Å². The van der Waals surface area contributed by atoms with E-state index in [0.29, 0.717) is 30.6 Å². The zero-order valence-corrected chi connectivity index (χ0v) is 11.3. The maximum Gasteiger partial charge on any atom is 0.336 e. The van der Waals surface area contributed by atoms with E-state index in [1.54, 1.807) is 12.1 Å². The fourth-order valence-electron chi connectivity index (χ4n) is 2.56. The van der Waals surface area contributed by atoms with Crippen molar-refractivity contribution in [1.82, 2.24) is 4.98 Å². The number of fused-ring (bicyclic) bond motifs is 1. The molecule has 1 aliphatic rings. The topological polar surface area (TPSA) is 62.7 Å². The molecule has 5 nitrogen and oxygen atoms in total. The Morgan fingerprint density at radius 2 is 2.33 bits per heavy atom. The lowest BCUT2D eigenvalue weighted by atomic mass is 10.1. The highest BCUT2D eigenvalue weighted by molar-refractivity contribution is 6.03. The molecule has 0 amide bonds. The number of hydrogen-bond acceptors (Lipinski definition) is 4. The summed E-state index contributed by atoms with van der Waals surface area (Å²) in [5.41, 5.74) is 1.71. The van der Waals surface area contributed by atoms with Gasteiger partial charge in [-0.3, -0.25) is 4.98 Å². The Bertz CT molecular complexity index is 677. The zero-order chi connectivity index (χ0) is 14.8. The van der Waals surface area contributed by atoms with Gasteiger partial charge in [-0.05, 0) is 24.3 Å². The maximum absolute atomic E-state index is 12.8. The highest BCUT2D eigenvalue weighted by Gasteiger charge is 2.21. The van der Waals surface area contributed by atoms with Gasteiger partial charge in [-0.25, -0.2) is 9.18 Å². The highest BCUT2D eigenvalue weighted by atomic mass is 19.1. The molecule has 1 aromatic heterocycles. The third-order valence-electron chi connectivity index (χ3n) is 3.63. The van der Waals surface area contributed by atoms with Crippen molar-refractivity contribution < 1.29 is 19.0 Å². The molecule has 0 bridgehead atoms. The molecule has 1 saturated heterocycles. The van der Waals surface area contributed by atoms with Crippen molar-refractivity contribution in [2.24, 2.45) is 0 Å². The number of halogens is 1. The van der Waals surface area contributed by atoms with Gasteiger partial charge >= 0.3 is 5.97 Å². The second-order valence-electron chi connectivity index (χ2n) is 4.96. The van der Waals surface area contributed by atoms with E-state index in [2.05, 4.69) is 4.98 Å². The van der Waals surface area contributed by atoms with E-state index in [4.69, 9.17) is 4.74 Å². The van der Waals surface area contributed by atoms with Crippen LogP contribution in [0, 0.1) is 0 Å². The van der Waals surface area contributed by atoms with Crippen molar-refractivity contribution in [3.8, 4) is 0 Å². The van der Waals surface area contributed by atoms with Crippen LogP contribution in [0.5, 0.6) is 0 Å². The second-order valence-corrected chi connectivity index (χ2v) is 4.96. The van der Waals surface area contributed by atoms with E-state index in [1.807, 2.05) is 11.0 Å². The molecule has 1 fully saturated rings. The summed E-state index contributed by atoms with van der Waals surface area (Å²) >= 11 is 0. The molecule has 0 radical (unpaired) electrons. The van der Waals surface area contributed by atoms with Crippen LogP contribution in [-0.2, 0) is 4.74 Å². The summed E-state index contributed by atoms with van der Waals surface area (Å²) in [6, 6.07) is 6.95. The largest absolute Gasteiger partial charge is 0.478 e. The van der Waals surface area contributed by atoms with Gasteiger partial charge in [0.1, 0.15) is 12.8 Å². The van der Waals surface area contributed by atoms with Gasteiger partial charge in [-0.2, -0.15) is 0 Å². The molecule has 0 aliphatic carbocycles. The predicted molar refractivity (Wildman–Crippen MR) is 76.6 cm³/mol. The Labute approximate surface area is 121 Å². The zero-order valence-electron chi connectivity index (χ0n) is 11.3. The molecule has 21 heavy (non-hydrogen) atoms. The minimum Gasteiger partial charge on any atom is -0.478 e. The van der Waals surface area contributed by atoms with Gasteiger partial charge < -0.3 is 14.7 Å². The van der Waals surface area contributed by atoms with Crippen LogP contribution < -0.4 is 4.90 Å². The number of alkyl halides is 1. The number of hydrogen-bond donors (Lipinski definition) is 1. The third kappa shape index (κ3) is 2.67. The molecule has 2 heterocycles. The summed E-state index contributed by atoms with van der Waals surface area (Å²) in [7, 11) is 0. The molecule has 1 aromatic carbocycles. The van der Waals surface area contributed by atoms with Crippen LogP contribution in [0.3, 0.4) is 0 Å². The van der Waals surface area contributed by atoms with E-state index in [-0.39, 0.29) is 5.56 Å². The lowest BCUT2D eigenvalue weighted by Gasteiger charge is -2.33. The molecule has 3 rings (SSSR count). The number of pyridine rings is 1. The van der Waals surface area contributed by atoms with Gasteiger partial charge in [0.25, 0.3) is 0 Å². The molecule has 1 N–H and O–H groups in total. The Kier molecular flexibility index (Phi) is 3.70. The van der Waals surface area contributed by atoms with Gasteiger partial charge in [-0.15, -0.1) is 0 Å². The van der Waals surface area contributed by atoms with Crippen LogP contribution in [0.4, 0.5) is 10.1 Å². The summed E-state index contributed by atoms with van der Waals surface area (Å²) < 4.78 is 18.1. The number of anilines is 1. The Morgan fingerprint density at radius 3 is 3.10 bits per heavy atom. The Hall–Kier alpha value is -2.21. The molecule has 1 atom stereocenters. The van der Waals surface area contributed by atoms with E-state index < -0.39 is 18.7 Å². The standard InChI is InChI=1S/C15H15FN2O3/c16-8-11-9-18(5-6-21-11)10-1-2-14-13(7-10)12(15(19)20)3-4-17-14/h1-4,7,11H,5-6,8-9H2,(H,19,20)/t11-/m0/s1. The lowest BCUT2D eigenvalue weighted by molar-refractivity contribution is 0.0247.